The monoisotopic (exact) mass is 219 g/mol. The molecular weight excluding hydrogens is 198 g/mol. The lowest BCUT2D eigenvalue weighted by Gasteiger charge is -2.07. The first-order valence-corrected chi connectivity index (χ1v) is 6.14. The van der Waals surface area contributed by atoms with Crippen LogP contribution in [0.4, 0.5) is 5.69 Å². The highest BCUT2D eigenvalue weighted by molar-refractivity contribution is 5.46. The highest BCUT2D eigenvalue weighted by Crippen LogP contribution is 2.18. The van der Waals surface area contributed by atoms with Crippen molar-refractivity contribution in [1.82, 2.24) is 10.6 Å². The molecule has 0 radical (unpaired) electrons. The van der Waals surface area contributed by atoms with Crippen LogP contribution >= 0.6 is 0 Å². The second-order valence-electron chi connectivity index (χ2n) is 4.46. The molecule has 0 unspecified atom stereocenters. The Morgan fingerprint density at radius 3 is 2.75 bits per heavy atom. The van der Waals surface area contributed by atoms with Gasteiger partial charge in [-0.25, -0.2) is 0 Å². The summed E-state index contributed by atoms with van der Waals surface area (Å²) in [6.45, 7) is 3.05. The van der Waals surface area contributed by atoms with E-state index < -0.39 is 0 Å². The Kier molecular flexibility index (Phi) is 4.19. The lowest BCUT2D eigenvalue weighted by atomic mass is 10.2. The minimum absolute atomic E-state index is 0.824. The molecule has 1 aliphatic rings. The molecule has 16 heavy (non-hydrogen) atoms. The number of benzene rings is 1. The molecule has 2 rings (SSSR count). The van der Waals surface area contributed by atoms with Crippen LogP contribution in [0.2, 0.25) is 0 Å². The number of anilines is 1. The molecule has 1 aromatic rings. The lowest BCUT2D eigenvalue weighted by molar-refractivity contribution is 0.593. The van der Waals surface area contributed by atoms with E-state index in [4.69, 9.17) is 5.73 Å². The van der Waals surface area contributed by atoms with Crippen LogP contribution in [0.1, 0.15) is 24.8 Å². The molecule has 0 amide bonds. The Hall–Kier alpha value is -1.06. The summed E-state index contributed by atoms with van der Waals surface area (Å²) in [6, 6.07) is 8.85. The zero-order valence-corrected chi connectivity index (χ0v) is 9.71. The lowest BCUT2D eigenvalue weighted by Crippen LogP contribution is -2.23. The molecule has 0 bridgehead atoms. The Bertz CT molecular complexity index is 321. The third-order valence-corrected chi connectivity index (χ3v) is 2.91. The van der Waals surface area contributed by atoms with Gasteiger partial charge in [0.15, 0.2) is 0 Å². The molecule has 1 fully saturated rings. The molecule has 1 aromatic carbocycles. The van der Waals surface area contributed by atoms with Crippen LogP contribution in [0, 0.1) is 0 Å². The van der Waals surface area contributed by atoms with E-state index in [1.165, 1.54) is 24.8 Å². The predicted octanol–water partition coefficient (Wildman–Crippen LogP) is 1.50. The molecule has 0 saturated heterocycles. The molecule has 0 spiro atoms. The van der Waals surface area contributed by atoms with Crippen molar-refractivity contribution in [2.45, 2.75) is 31.8 Å². The standard InChI is InChI=1S/C13H21N3/c14-13-5-2-1-4-11(13)10-15-8-3-9-16-12-6-7-12/h1-2,4-5,12,15-16H,3,6-10,14H2. The van der Waals surface area contributed by atoms with Gasteiger partial charge in [-0.3, -0.25) is 0 Å². The van der Waals surface area contributed by atoms with Crippen molar-refractivity contribution in [3.05, 3.63) is 29.8 Å². The number of nitrogens with two attached hydrogens (primary N) is 1. The SMILES string of the molecule is Nc1ccccc1CNCCCNC1CC1. The number of hydrogen-bond donors (Lipinski definition) is 3. The third kappa shape index (κ3) is 3.83. The second kappa shape index (κ2) is 5.87. The number of para-hydroxylation sites is 1. The van der Waals surface area contributed by atoms with E-state index in [0.29, 0.717) is 0 Å². The number of hydrogen-bond acceptors (Lipinski definition) is 3. The van der Waals surface area contributed by atoms with Gasteiger partial charge in [-0.05, 0) is 44.0 Å². The maximum Gasteiger partial charge on any atom is 0.0359 e. The topological polar surface area (TPSA) is 50.1 Å². The summed E-state index contributed by atoms with van der Waals surface area (Å²) in [4.78, 5) is 0. The Morgan fingerprint density at radius 2 is 2.00 bits per heavy atom. The molecular formula is C13H21N3. The molecule has 3 heteroatoms. The van der Waals surface area contributed by atoms with E-state index in [1.54, 1.807) is 0 Å². The van der Waals surface area contributed by atoms with E-state index >= 15 is 0 Å². The van der Waals surface area contributed by atoms with Gasteiger partial charge in [0, 0.05) is 18.3 Å². The van der Waals surface area contributed by atoms with Gasteiger partial charge in [-0.2, -0.15) is 0 Å². The Morgan fingerprint density at radius 1 is 1.19 bits per heavy atom. The highest BCUT2D eigenvalue weighted by atomic mass is 14.9. The van der Waals surface area contributed by atoms with E-state index in [1.807, 2.05) is 18.2 Å². The molecule has 1 saturated carbocycles. The van der Waals surface area contributed by atoms with E-state index in [0.717, 1.165) is 31.4 Å². The summed E-state index contributed by atoms with van der Waals surface area (Å²) in [5, 5.41) is 6.92. The van der Waals surface area contributed by atoms with Crippen molar-refractivity contribution in [1.29, 1.82) is 0 Å². The minimum Gasteiger partial charge on any atom is -0.398 e. The fourth-order valence-electron chi connectivity index (χ4n) is 1.73. The van der Waals surface area contributed by atoms with Gasteiger partial charge in [0.05, 0.1) is 0 Å². The molecule has 0 heterocycles. The maximum atomic E-state index is 5.86. The predicted molar refractivity (Wildman–Crippen MR) is 68.2 cm³/mol. The quantitative estimate of drug-likeness (QED) is 0.481. The third-order valence-electron chi connectivity index (χ3n) is 2.91. The normalized spacial score (nSPS) is 15.2. The van der Waals surface area contributed by atoms with Crippen LogP contribution in [0.15, 0.2) is 24.3 Å². The van der Waals surface area contributed by atoms with E-state index in [2.05, 4.69) is 16.7 Å². The molecule has 0 aromatic heterocycles. The molecule has 4 N–H and O–H groups in total. The fourth-order valence-corrected chi connectivity index (χ4v) is 1.73. The molecule has 0 aliphatic heterocycles. The van der Waals surface area contributed by atoms with Crippen molar-refractivity contribution in [2.75, 3.05) is 18.8 Å². The van der Waals surface area contributed by atoms with Gasteiger partial charge in [0.25, 0.3) is 0 Å². The summed E-state index contributed by atoms with van der Waals surface area (Å²) in [7, 11) is 0. The highest BCUT2D eigenvalue weighted by Gasteiger charge is 2.19. The molecule has 88 valence electrons. The average Bonchev–Trinajstić information content (AvgIpc) is 3.09. The molecule has 1 aliphatic carbocycles. The summed E-state index contributed by atoms with van der Waals surface area (Å²) in [5.41, 5.74) is 7.93. The smallest absolute Gasteiger partial charge is 0.0359 e. The van der Waals surface area contributed by atoms with Gasteiger partial charge in [0.1, 0.15) is 0 Å². The van der Waals surface area contributed by atoms with Crippen LogP contribution < -0.4 is 16.4 Å². The van der Waals surface area contributed by atoms with Crippen LogP contribution in [-0.2, 0) is 6.54 Å². The van der Waals surface area contributed by atoms with Crippen molar-refractivity contribution < 1.29 is 0 Å². The molecule has 0 atom stereocenters. The summed E-state index contributed by atoms with van der Waals surface area (Å²) < 4.78 is 0. The van der Waals surface area contributed by atoms with E-state index in [9.17, 15) is 0 Å². The summed E-state index contributed by atoms with van der Waals surface area (Å²) in [5.74, 6) is 0. The number of rotatable bonds is 7. The Balaban J connectivity index is 1.55. The van der Waals surface area contributed by atoms with Gasteiger partial charge < -0.3 is 16.4 Å². The zero-order valence-electron chi connectivity index (χ0n) is 9.71. The second-order valence-corrected chi connectivity index (χ2v) is 4.46. The van der Waals surface area contributed by atoms with Crippen LogP contribution in [-0.4, -0.2) is 19.1 Å². The Labute approximate surface area is 97.4 Å². The summed E-state index contributed by atoms with van der Waals surface area (Å²) >= 11 is 0. The number of nitrogen functional groups attached to an aromatic ring is 1. The molecule has 3 nitrogen and oxygen atoms in total. The van der Waals surface area contributed by atoms with Crippen LogP contribution in [0.3, 0.4) is 0 Å². The van der Waals surface area contributed by atoms with Gasteiger partial charge in [-0.1, -0.05) is 18.2 Å². The van der Waals surface area contributed by atoms with Crippen molar-refractivity contribution in [3.8, 4) is 0 Å². The van der Waals surface area contributed by atoms with Crippen molar-refractivity contribution in [2.24, 2.45) is 0 Å². The fraction of sp³-hybridized carbons (Fsp3) is 0.538. The van der Waals surface area contributed by atoms with Gasteiger partial charge in [-0.15, -0.1) is 0 Å². The van der Waals surface area contributed by atoms with Crippen LogP contribution in [0.5, 0.6) is 0 Å². The van der Waals surface area contributed by atoms with Gasteiger partial charge >= 0.3 is 0 Å². The first-order valence-electron chi connectivity index (χ1n) is 6.14. The largest absolute Gasteiger partial charge is 0.398 e. The first-order chi connectivity index (χ1) is 7.86. The van der Waals surface area contributed by atoms with Crippen molar-refractivity contribution >= 4 is 5.69 Å². The van der Waals surface area contributed by atoms with Crippen molar-refractivity contribution in [3.63, 3.8) is 0 Å². The van der Waals surface area contributed by atoms with Gasteiger partial charge in [0.2, 0.25) is 0 Å². The maximum absolute atomic E-state index is 5.86. The summed E-state index contributed by atoms with van der Waals surface area (Å²) in [6.07, 6.45) is 3.92. The average molecular weight is 219 g/mol. The zero-order chi connectivity index (χ0) is 11.2. The van der Waals surface area contributed by atoms with E-state index in [-0.39, 0.29) is 0 Å². The first kappa shape index (κ1) is 11.4. The van der Waals surface area contributed by atoms with Crippen LogP contribution in [0.25, 0.3) is 0 Å². The number of nitrogens with one attached hydrogen (secondary N) is 2. The minimum atomic E-state index is 0.824.